The standard InChI is InChI=1S/C20H23NO4.C2H2O4/c22-13-4-3-12-9-15-20(24)6-5-14(23)18-19(20,16(12)17(13)25-18)7-8-21(15)10-11-1-2-11;3-1(4)2(5)6/h3-4,11,15,18,22,24H,1-2,5-10H2;(H,3,4)(H,5,6)/t15-,18+,19+,20-;/m1./s1. The molecule has 2 bridgehead atoms. The molecule has 0 amide bonds. The van der Waals surface area contributed by atoms with E-state index in [4.69, 9.17) is 24.5 Å². The summed E-state index contributed by atoms with van der Waals surface area (Å²) in [4.78, 5) is 33.4. The third kappa shape index (κ3) is 2.72. The zero-order chi connectivity index (χ0) is 22.1. The van der Waals surface area contributed by atoms with Crippen LogP contribution in [0.1, 0.15) is 43.2 Å². The van der Waals surface area contributed by atoms with Gasteiger partial charge in [-0.2, -0.15) is 0 Å². The van der Waals surface area contributed by atoms with Crippen molar-refractivity contribution in [2.75, 3.05) is 13.1 Å². The monoisotopic (exact) mass is 431 g/mol. The van der Waals surface area contributed by atoms with E-state index in [-0.39, 0.29) is 17.6 Å². The number of ketones is 1. The molecule has 1 aromatic carbocycles. The molecule has 166 valence electrons. The highest BCUT2D eigenvalue weighted by molar-refractivity contribution is 6.27. The molecule has 4 N–H and O–H groups in total. The largest absolute Gasteiger partial charge is 0.504 e. The van der Waals surface area contributed by atoms with Crippen molar-refractivity contribution >= 4 is 17.7 Å². The van der Waals surface area contributed by atoms with Crippen molar-refractivity contribution in [2.45, 2.75) is 61.7 Å². The van der Waals surface area contributed by atoms with Crippen LogP contribution in [0.15, 0.2) is 12.1 Å². The van der Waals surface area contributed by atoms with E-state index in [0.717, 1.165) is 43.0 Å². The number of aliphatic hydroxyl groups is 1. The Bertz CT molecular complexity index is 976. The maximum absolute atomic E-state index is 12.7. The Morgan fingerprint density at radius 3 is 2.52 bits per heavy atom. The number of carbonyl (C=O) groups excluding carboxylic acids is 1. The fourth-order valence-electron chi connectivity index (χ4n) is 6.26. The molecule has 1 saturated heterocycles. The summed E-state index contributed by atoms with van der Waals surface area (Å²) >= 11 is 0. The second kappa shape index (κ2) is 6.67. The van der Waals surface area contributed by atoms with Gasteiger partial charge in [0, 0.05) is 24.6 Å². The lowest BCUT2D eigenvalue weighted by Crippen LogP contribution is -2.76. The predicted octanol–water partition coefficient (Wildman–Crippen LogP) is 0.681. The maximum atomic E-state index is 12.7. The van der Waals surface area contributed by atoms with Crippen LogP contribution in [-0.2, 0) is 26.2 Å². The number of aromatic hydroxyl groups is 1. The number of phenols is 1. The fraction of sp³-hybridized carbons (Fsp3) is 0.591. The van der Waals surface area contributed by atoms with Crippen LogP contribution in [0.5, 0.6) is 11.5 Å². The molecule has 3 fully saturated rings. The Hall–Kier alpha value is -2.65. The highest BCUT2D eigenvalue weighted by atomic mass is 16.5. The van der Waals surface area contributed by atoms with Gasteiger partial charge in [0.15, 0.2) is 23.4 Å². The SMILES string of the molecule is O=C(O)C(=O)O.O=C1CC[C@@]2(O)[C@H]3Cc4ccc(O)c5c4[C@@]2(CCN3CC2CC2)[C@H]1O5. The Kier molecular flexibility index (Phi) is 4.36. The maximum Gasteiger partial charge on any atom is 0.414 e. The number of ether oxygens (including phenoxy) is 1. The van der Waals surface area contributed by atoms with Crippen LogP contribution in [0.4, 0.5) is 0 Å². The topological polar surface area (TPSA) is 145 Å². The minimum atomic E-state index is -1.82. The number of benzene rings is 1. The van der Waals surface area contributed by atoms with Crippen molar-refractivity contribution in [1.82, 2.24) is 4.90 Å². The number of hydrogen-bond donors (Lipinski definition) is 4. The van der Waals surface area contributed by atoms with E-state index in [1.54, 1.807) is 6.07 Å². The molecule has 0 radical (unpaired) electrons. The summed E-state index contributed by atoms with van der Waals surface area (Å²) in [6, 6.07) is 3.69. The third-order valence-corrected chi connectivity index (χ3v) is 7.74. The molecular formula is C22H25NO8. The van der Waals surface area contributed by atoms with Gasteiger partial charge in [-0.3, -0.25) is 9.69 Å². The summed E-state index contributed by atoms with van der Waals surface area (Å²) in [7, 11) is 0. The molecule has 6 rings (SSSR count). The van der Waals surface area contributed by atoms with Crippen molar-refractivity contribution < 1.29 is 39.5 Å². The second-order valence-corrected chi connectivity index (χ2v) is 9.33. The summed E-state index contributed by atoms with van der Waals surface area (Å²) in [6.45, 7) is 1.95. The smallest absolute Gasteiger partial charge is 0.414 e. The molecule has 5 aliphatic rings. The Morgan fingerprint density at radius 1 is 1.16 bits per heavy atom. The molecule has 3 aliphatic carbocycles. The summed E-state index contributed by atoms with van der Waals surface area (Å²) in [5, 5.41) is 37.1. The number of piperidine rings is 1. The molecule has 9 heteroatoms. The number of phenolic OH excluding ortho intramolecular Hbond substituents is 1. The van der Waals surface area contributed by atoms with Gasteiger partial charge in [0.25, 0.3) is 0 Å². The molecule has 31 heavy (non-hydrogen) atoms. The lowest BCUT2D eigenvalue weighted by Gasteiger charge is -2.62. The highest BCUT2D eigenvalue weighted by Crippen LogP contribution is 2.64. The number of carbonyl (C=O) groups is 3. The zero-order valence-corrected chi connectivity index (χ0v) is 16.9. The molecule has 0 aromatic heterocycles. The first-order chi connectivity index (χ1) is 14.7. The van der Waals surface area contributed by atoms with Crippen LogP contribution in [0.25, 0.3) is 0 Å². The first-order valence-electron chi connectivity index (χ1n) is 10.7. The second-order valence-electron chi connectivity index (χ2n) is 9.33. The average molecular weight is 431 g/mol. The van der Waals surface area contributed by atoms with Crippen LogP contribution in [0.2, 0.25) is 0 Å². The van der Waals surface area contributed by atoms with Crippen LogP contribution in [0, 0.1) is 5.92 Å². The number of nitrogens with zero attached hydrogens (tertiary/aromatic N) is 1. The minimum Gasteiger partial charge on any atom is -0.504 e. The fourth-order valence-corrected chi connectivity index (χ4v) is 6.26. The number of carboxylic acid groups (broad SMARTS) is 2. The molecule has 2 heterocycles. The summed E-state index contributed by atoms with van der Waals surface area (Å²) in [5.74, 6) is -2.26. The molecule has 1 spiro atoms. The van der Waals surface area contributed by atoms with E-state index in [2.05, 4.69) is 4.90 Å². The molecule has 9 nitrogen and oxygen atoms in total. The van der Waals surface area contributed by atoms with Gasteiger partial charge in [0.05, 0.1) is 11.0 Å². The van der Waals surface area contributed by atoms with Gasteiger partial charge in [-0.25, -0.2) is 9.59 Å². The Morgan fingerprint density at radius 2 is 1.87 bits per heavy atom. The van der Waals surface area contributed by atoms with Crippen molar-refractivity contribution in [3.8, 4) is 11.5 Å². The molecule has 0 unspecified atom stereocenters. The van der Waals surface area contributed by atoms with Gasteiger partial charge in [-0.1, -0.05) is 6.07 Å². The van der Waals surface area contributed by atoms with Crippen LogP contribution >= 0.6 is 0 Å². The summed E-state index contributed by atoms with van der Waals surface area (Å²) < 4.78 is 6.04. The molecule has 2 saturated carbocycles. The molecular weight excluding hydrogens is 406 g/mol. The lowest BCUT2D eigenvalue weighted by atomic mass is 9.49. The van der Waals surface area contributed by atoms with Crippen LogP contribution in [-0.4, -0.2) is 73.9 Å². The average Bonchev–Trinajstić information content (AvgIpc) is 3.46. The van der Waals surface area contributed by atoms with Crippen LogP contribution < -0.4 is 4.74 Å². The van der Waals surface area contributed by atoms with Crippen molar-refractivity contribution in [3.05, 3.63) is 23.3 Å². The zero-order valence-electron chi connectivity index (χ0n) is 16.9. The van der Waals surface area contributed by atoms with Crippen molar-refractivity contribution in [1.29, 1.82) is 0 Å². The quantitative estimate of drug-likeness (QED) is 0.497. The van der Waals surface area contributed by atoms with E-state index in [9.17, 15) is 15.0 Å². The van der Waals surface area contributed by atoms with Crippen LogP contribution in [0.3, 0.4) is 0 Å². The number of hydrogen-bond acceptors (Lipinski definition) is 7. The van der Waals surface area contributed by atoms with E-state index in [0.29, 0.717) is 18.6 Å². The lowest BCUT2D eigenvalue weighted by molar-refractivity contribution is -0.188. The third-order valence-electron chi connectivity index (χ3n) is 7.74. The Labute approximate surface area is 178 Å². The van der Waals surface area contributed by atoms with Gasteiger partial charge in [-0.15, -0.1) is 0 Å². The van der Waals surface area contributed by atoms with Crippen molar-refractivity contribution in [3.63, 3.8) is 0 Å². The first-order valence-corrected chi connectivity index (χ1v) is 10.7. The number of rotatable bonds is 2. The van der Waals surface area contributed by atoms with Gasteiger partial charge >= 0.3 is 11.9 Å². The summed E-state index contributed by atoms with van der Waals surface area (Å²) in [5.41, 5.74) is 0.454. The number of aliphatic carboxylic acids is 2. The normalized spacial score (nSPS) is 34.8. The van der Waals surface area contributed by atoms with Gasteiger partial charge < -0.3 is 25.2 Å². The van der Waals surface area contributed by atoms with Gasteiger partial charge in [-0.05, 0) is 56.2 Å². The van der Waals surface area contributed by atoms with E-state index in [1.807, 2.05) is 6.07 Å². The van der Waals surface area contributed by atoms with E-state index >= 15 is 0 Å². The molecule has 4 atom stereocenters. The first kappa shape index (κ1) is 20.3. The van der Waals surface area contributed by atoms with E-state index < -0.39 is 29.1 Å². The predicted molar refractivity (Wildman–Crippen MR) is 105 cm³/mol. The molecule has 1 aromatic rings. The summed E-state index contributed by atoms with van der Waals surface area (Å²) in [6.07, 6.45) is 4.33. The number of likely N-dealkylation sites (tertiary alicyclic amines) is 1. The van der Waals surface area contributed by atoms with E-state index in [1.165, 1.54) is 12.8 Å². The highest BCUT2D eigenvalue weighted by Gasteiger charge is 2.73. The van der Waals surface area contributed by atoms with Crippen molar-refractivity contribution in [2.24, 2.45) is 5.92 Å². The van der Waals surface area contributed by atoms with Gasteiger partial charge in [0.2, 0.25) is 0 Å². The number of carboxylic acids is 2. The Balaban J connectivity index is 0.000000303. The molecule has 2 aliphatic heterocycles. The number of Topliss-reactive ketones (excluding diaryl/α,β-unsaturated/α-hetero) is 1. The van der Waals surface area contributed by atoms with Gasteiger partial charge in [0.1, 0.15) is 0 Å². The minimum absolute atomic E-state index is 0.0454.